The molecular formula is C20H21FN2O3S2. The fourth-order valence-electron chi connectivity index (χ4n) is 3.17. The number of carbonyl (C=O) groups is 2. The number of halogens is 1. The van der Waals surface area contributed by atoms with Crippen molar-refractivity contribution in [2.24, 2.45) is 5.92 Å². The van der Waals surface area contributed by atoms with Crippen molar-refractivity contribution >= 4 is 45.5 Å². The maximum absolute atomic E-state index is 13.0. The molecule has 0 radical (unpaired) electrons. The van der Waals surface area contributed by atoms with Crippen molar-refractivity contribution in [2.75, 3.05) is 11.9 Å². The van der Waals surface area contributed by atoms with Gasteiger partial charge in [0.25, 0.3) is 5.91 Å². The minimum atomic E-state index is -0.454. The second-order valence-electron chi connectivity index (χ2n) is 6.69. The third-order valence-corrected chi connectivity index (χ3v) is 5.93. The molecule has 0 aliphatic heterocycles. The smallest absolute Gasteiger partial charge is 0.341 e. The summed E-state index contributed by atoms with van der Waals surface area (Å²) in [6.45, 7) is 4.23. The van der Waals surface area contributed by atoms with Crippen molar-refractivity contribution in [3.63, 3.8) is 0 Å². The second-order valence-corrected chi connectivity index (χ2v) is 8.20. The van der Waals surface area contributed by atoms with E-state index in [9.17, 15) is 14.0 Å². The molecule has 1 aromatic heterocycles. The Morgan fingerprint density at radius 2 is 2.04 bits per heavy atom. The van der Waals surface area contributed by atoms with Gasteiger partial charge in [-0.1, -0.05) is 6.92 Å². The zero-order valence-corrected chi connectivity index (χ0v) is 17.3. The van der Waals surface area contributed by atoms with Crippen LogP contribution in [0, 0.1) is 11.7 Å². The number of ether oxygens (including phenoxy) is 1. The summed E-state index contributed by atoms with van der Waals surface area (Å²) in [5.74, 6) is -0.705. The molecule has 2 N–H and O–H groups in total. The van der Waals surface area contributed by atoms with Crippen LogP contribution >= 0.6 is 23.6 Å². The molecule has 3 rings (SSSR count). The van der Waals surface area contributed by atoms with Crippen LogP contribution in [0.1, 0.15) is 51.4 Å². The topological polar surface area (TPSA) is 67.4 Å². The van der Waals surface area contributed by atoms with E-state index in [1.54, 1.807) is 6.92 Å². The van der Waals surface area contributed by atoms with Crippen LogP contribution in [-0.2, 0) is 17.6 Å². The van der Waals surface area contributed by atoms with Gasteiger partial charge in [-0.15, -0.1) is 11.3 Å². The highest BCUT2D eigenvalue weighted by Gasteiger charge is 2.28. The van der Waals surface area contributed by atoms with E-state index >= 15 is 0 Å². The van der Waals surface area contributed by atoms with E-state index in [0.29, 0.717) is 16.5 Å². The first-order valence-electron chi connectivity index (χ1n) is 9.08. The Labute approximate surface area is 172 Å². The van der Waals surface area contributed by atoms with Crippen LogP contribution in [0.4, 0.5) is 9.39 Å². The molecule has 0 fully saturated rings. The molecule has 0 bridgehead atoms. The molecule has 2 aromatic rings. The second kappa shape index (κ2) is 8.79. The van der Waals surface area contributed by atoms with Gasteiger partial charge in [0.2, 0.25) is 0 Å². The lowest BCUT2D eigenvalue weighted by atomic mass is 9.88. The quantitative estimate of drug-likeness (QED) is 0.570. The van der Waals surface area contributed by atoms with Crippen LogP contribution in [0.25, 0.3) is 0 Å². The lowest BCUT2D eigenvalue weighted by molar-refractivity contribution is 0.0526. The van der Waals surface area contributed by atoms with Gasteiger partial charge >= 0.3 is 5.97 Å². The predicted molar refractivity (Wildman–Crippen MR) is 112 cm³/mol. The zero-order valence-electron chi connectivity index (χ0n) is 15.6. The molecule has 1 aliphatic carbocycles. The number of amides is 1. The van der Waals surface area contributed by atoms with E-state index in [4.69, 9.17) is 17.0 Å². The number of rotatable bonds is 4. The number of thiophene rings is 1. The number of anilines is 1. The number of hydrogen-bond acceptors (Lipinski definition) is 5. The highest BCUT2D eigenvalue weighted by Crippen LogP contribution is 2.40. The molecule has 5 nitrogen and oxygen atoms in total. The Morgan fingerprint density at radius 1 is 1.32 bits per heavy atom. The summed E-state index contributed by atoms with van der Waals surface area (Å²) in [6.07, 6.45) is 2.74. The van der Waals surface area contributed by atoms with Crippen molar-refractivity contribution in [3.8, 4) is 0 Å². The SMILES string of the molecule is CCOC(=O)c1c(NC(=S)NC(=O)c2ccc(F)cc2)sc2c1CC[C@H](C)C2. The zero-order chi connectivity index (χ0) is 20.3. The summed E-state index contributed by atoms with van der Waals surface area (Å²) in [5, 5.41) is 6.20. The van der Waals surface area contributed by atoms with Crippen LogP contribution in [0.2, 0.25) is 0 Å². The van der Waals surface area contributed by atoms with E-state index in [1.165, 1.54) is 35.6 Å². The number of thiocarbonyl (C=S) groups is 1. The van der Waals surface area contributed by atoms with E-state index in [0.717, 1.165) is 29.7 Å². The fraction of sp³-hybridized carbons (Fsp3) is 0.350. The van der Waals surface area contributed by atoms with E-state index < -0.39 is 11.7 Å². The van der Waals surface area contributed by atoms with Gasteiger partial charge in [0, 0.05) is 10.4 Å². The molecular weight excluding hydrogens is 399 g/mol. The van der Waals surface area contributed by atoms with Crippen molar-refractivity contribution in [2.45, 2.75) is 33.1 Å². The standard InChI is InChI=1S/C20H21FN2O3S2/c1-3-26-19(25)16-14-9-4-11(2)10-15(14)28-18(16)23-20(27)22-17(24)12-5-7-13(21)8-6-12/h5-8,11H,3-4,9-10H2,1-2H3,(H2,22,23,24,27)/t11-/m0/s1. The van der Waals surface area contributed by atoms with Gasteiger partial charge in [-0.25, -0.2) is 9.18 Å². The van der Waals surface area contributed by atoms with E-state index in [-0.39, 0.29) is 23.3 Å². The summed E-state index contributed by atoms with van der Waals surface area (Å²) >= 11 is 6.72. The van der Waals surface area contributed by atoms with Crippen molar-refractivity contribution in [1.29, 1.82) is 0 Å². The monoisotopic (exact) mass is 420 g/mol. The van der Waals surface area contributed by atoms with E-state index in [2.05, 4.69) is 17.6 Å². The number of benzene rings is 1. The maximum Gasteiger partial charge on any atom is 0.341 e. The van der Waals surface area contributed by atoms with Crippen molar-refractivity contribution in [3.05, 3.63) is 51.7 Å². The fourth-order valence-corrected chi connectivity index (χ4v) is 4.83. The molecule has 1 aromatic carbocycles. The lowest BCUT2D eigenvalue weighted by Gasteiger charge is -2.18. The minimum absolute atomic E-state index is 0.0755. The highest BCUT2D eigenvalue weighted by molar-refractivity contribution is 7.80. The summed E-state index contributed by atoms with van der Waals surface area (Å²) in [7, 11) is 0. The number of nitrogens with one attached hydrogen (secondary N) is 2. The number of carbonyl (C=O) groups excluding carboxylic acids is 2. The molecule has 0 spiro atoms. The maximum atomic E-state index is 13.0. The summed E-state index contributed by atoms with van der Waals surface area (Å²) in [4.78, 5) is 25.9. The van der Waals surface area contributed by atoms with Gasteiger partial charge in [0.05, 0.1) is 12.2 Å². The Kier molecular flexibility index (Phi) is 6.41. The average Bonchev–Trinajstić information content (AvgIpc) is 2.98. The number of fused-ring (bicyclic) bond motifs is 1. The first-order valence-corrected chi connectivity index (χ1v) is 10.3. The number of hydrogen-bond donors (Lipinski definition) is 2. The Bertz CT molecular complexity index is 909. The summed E-state index contributed by atoms with van der Waals surface area (Å²) < 4.78 is 18.2. The van der Waals surface area contributed by atoms with Crippen LogP contribution in [0.5, 0.6) is 0 Å². The van der Waals surface area contributed by atoms with Crippen LogP contribution in [-0.4, -0.2) is 23.6 Å². The summed E-state index contributed by atoms with van der Waals surface area (Å²) in [5.41, 5.74) is 1.80. The molecule has 8 heteroatoms. The molecule has 0 saturated carbocycles. The van der Waals surface area contributed by atoms with Crippen LogP contribution < -0.4 is 10.6 Å². The Balaban J connectivity index is 1.78. The average molecular weight is 421 g/mol. The first kappa shape index (κ1) is 20.4. The minimum Gasteiger partial charge on any atom is -0.462 e. The van der Waals surface area contributed by atoms with Gasteiger partial charge in [-0.2, -0.15) is 0 Å². The first-order chi connectivity index (χ1) is 13.4. The number of esters is 1. The molecule has 1 amide bonds. The van der Waals surface area contributed by atoms with Gasteiger partial charge in [0.1, 0.15) is 10.8 Å². The molecule has 28 heavy (non-hydrogen) atoms. The van der Waals surface area contributed by atoms with Gasteiger partial charge in [-0.3, -0.25) is 10.1 Å². The summed E-state index contributed by atoms with van der Waals surface area (Å²) in [6, 6.07) is 5.17. The Hall–Kier alpha value is -2.32. The molecule has 1 aliphatic rings. The lowest BCUT2D eigenvalue weighted by Crippen LogP contribution is -2.34. The van der Waals surface area contributed by atoms with Crippen molar-refractivity contribution < 1.29 is 18.7 Å². The molecule has 148 valence electrons. The molecule has 1 heterocycles. The molecule has 0 unspecified atom stereocenters. The van der Waals surface area contributed by atoms with E-state index in [1.807, 2.05) is 0 Å². The van der Waals surface area contributed by atoms with Crippen molar-refractivity contribution in [1.82, 2.24) is 5.32 Å². The molecule has 1 atom stereocenters. The predicted octanol–water partition coefficient (Wildman–Crippen LogP) is 4.32. The van der Waals surface area contributed by atoms with Gasteiger partial charge < -0.3 is 10.1 Å². The third-order valence-electron chi connectivity index (χ3n) is 4.55. The van der Waals surface area contributed by atoms with Gasteiger partial charge in [0.15, 0.2) is 5.11 Å². The van der Waals surface area contributed by atoms with Crippen LogP contribution in [0.15, 0.2) is 24.3 Å². The highest BCUT2D eigenvalue weighted by atomic mass is 32.1. The molecule has 0 saturated heterocycles. The van der Waals surface area contributed by atoms with Gasteiger partial charge in [-0.05, 0) is 74.2 Å². The third kappa shape index (κ3) is 4.56. The Morgan fingerprint density at radius 3 is 2.71 bits per heavy atom. The van der Waals surface area contributed by atoms with Crippen LogP contribution in [0.3, 0.4) is 0 Å². The normalized spacial score (nSPS) is 15.5. The largest absolute Gasteiger partial charge is 0.462 e.